The van der Waals surface area contributed by atoms with Gasteiger partial charge < -0.3 is 5.32 Å². The van der Waals surface area contributed by atoms with Gasteiger partial charge in [-0.2, -0.15) is 0 Å². The maximum absolute atomic E-state index is 3.69. The van der Waals surface area contributed by atoms with Crippen LogP contribution in [0.4, 0.5) is 0 Å². The first-order valence-corrected chi connectivity index (χ1v) is 8.58. The maximum Gasteiger partial charge on any atom is 0.0161 e. The van der Waals surface area contributed by atoms with Crippen molar-refractivity contribution < 1.29 is 0 Å². The van der Waals surface area contributed by atoms with Crippen molar-refractivity contribution in [3.63, 3.8) is 0 Å². The summed E-state index contributed by atoms with van der Waals surface area (Å²) >= 11 is 0. The van der Waals surface area contributed by atoms with E-state index in [0.29, 0.717) is 11.5 Å². The lowest BCUT2D eigenvalue weighted by Gasteiger charge is -2.44. The Morgan fingerprint density at radius 3 is 2.40 bits per heavy atom. The highest BCUT2D eigenvalue weighted by Gasteiger charge is 2.40. The molecule has 1 atom stereocenters. The molecule has 2 aliphatic carbocycles. The number of likely N-dealkylation sites (N-methyl/N-ethyl adjacent to an activating group) is 1. The average Bonchev–Trinajstić information content (AvgIpc) is 3.34. The van der Waals surface area contributed by atoms with Crippen LogP contribution < -0.4 is 5.32 Å². The molecule has 1 nitrogen and oxygen atoms in total. The van der Waals surface area contributed by atoms with Crippen molar-refractivity contribution in [2.45, 2.75) is 69.2 Å². The molecule has 1 aromatic rings. The van der Waals surface area contributed by atoms with Crippen LogP contribution in [0.2, 0.25) is 0 Å². The van der Waals surface area contributed by atoms with Gasteiger partial charge in [-0.3, -0.25) is 0 Å². The van der Waals surface area contributed by atoms with Crippen LogP contribution in [0.1, 0.15) is 63.4 Å². The van der Waals surface area contributed by atoms with E-state index in [0.717, 1.165) is 5.92 Å². The lowest BCUT2D eigenvalue weighted by molar-refractivity contribution is 0.207. The zero-order valence-corrected chi connectivity index (χ0v) is 12.9. The molecule has 1 N–H and O–H groups in total. The van der Waals surface area contributed by atoms with Crippen LogP contribution in [0.15, 0.2) is 30.3 Å². The number of nitrogens with one attached hydrogen (secondary N) is 1. The predicted octanol–water partition coefficient (Wildman–Crippen LogP) is 4.67. The van der Waals surface area contributed by atoms with Crippen LogP contribution in [0, 0.1) is 5.92 Å². The fourth-order valence-corrected chi connectivity index (χ4v) is 4.30. The van der Waals surface area contributed by atoms with E-state index in [2.05, 4.69) is 42.7 Å². The first-order chi connectivity index (χ1) is 9.85. The molecular formula is C19H29N. The second-order valence-electron chi connectivity index (χ2n) is 6.94. The van der Waals surface area contributed by atoms with Crippen molar-refractivity contribution in [1.82, 2.24) is 5.32 Å². The molecule has 2 fully saturated rings. The molecular weight excluding hydrogens is 242 g/mol. The van der Waals surface area contributed by atoms with E-state index < -0.39 is 0 Å². The van der Waals surface area contributed by atoms with E-state index in [4.69, 9.17) is 0 Å². The second-order valence-corrected chi connectivity index (χ2v) is 6.94. The quantitative estimate of drug-likeness (QED) is 0.793. The Kier molecular flexibility index (Phi) is 4.45. The van der Waals surface area contributed by atoms with Crippen molar-refractivity contribution in [1.29, 1.82) is 0 Å². The van der Waals surface area contributed by atoms with E-state index in [9.17, 15) is 0 Å². The van der Waals surface area contributed by atoms with Crippen molar-refractivity contribution in [2.24, 2.45) is 5.92 Å². The third kappa shape index (κ3) is 2.93. The number of rotatable bonds is 6. The SMILES string of the molecule is CNC(CCC1CC1)C1(c2ccccc2)CCCCC1. The lowest BCUT2D eigenvalue weighted by Crippen LogP contribution is -2.48. The third-order valence-corrected chi connectivity index (χ3v) is 5.67. The molecule has 110 valence electrons. The van der Waals surface area contributed by atoms with Crippen LogP contribution in [-0.4, -0.2) is 13.1 Å². The summed E-state index contributed by atoms with van der Waals surface area (Å²) in [4.78, 5) is 0. The van der Waals surface area contributed by atoms with Gasteiger partial charge in [-0.05, 0) is 44.2 Å². The summed E-state index contributed by atoms with van der Waals surface area (Å²) in [6.45, 7) is 0. The van der Waals surface area contributed by atoms with E-state index >= 15 is 0 Å². The van der Waals surface area contributed by atoms with Crippen LogP contribution in [-0.2, 0) is 5.41 Å². The summed E-state index contributed by atoms with van der Waals surface area (Å²) < 4.78 is 0. The highest BCUT2D eigenvalue weighted by molar-refractivity contribution is 5.28. The fourth-order valence-electron chi connectivity index (χ4n) is 4.30. The summed E-state index contributed by atoms with van der Waals surface area (Å²) in [5.41, 5.74) is 1.97. The number of hydrogen-bond acceptors (Lipinski definition) is 1. The van der Waals surface area contributed by atoms with Gasteiger partial charge in [0.05, 0.1) is 0 Å². The molecule has 0 amide bonds. The Balaban J connectivity index is 1.82. The largest absolute Gasteiger partial charge is 0.316 e. The molecule has 1 aromatic carbocycles. The Labute approximate surface area is 124 Å². The molecule has 2 aliphatic rings. The minimum Gasteiger partial charge on any atom is -0.316 e. The molecule has 0 aromatic heterocycles. The van der Waals surface area contributed by atoms with Gasteiger partial charge in [0, 0.05) is 11.5 Å². The summed E-state index contributed by atoms with van der Waals surface area (Å²) in [6, 6.07) is 12.0. The van der Waals surface area contributed by atoms with Gasteiger partial charge in [-0.25, -0.2) is 0 Å². The van der Waals surface area contributed by atoms with Crippen LogP contribution in [0.25, 0.3) is 0 Å². The van der Waals surface area contributed by atoms with Crippen molar-refractivity contribution >= 4 is 0 Å². The van der Waals surface area contributed by atoms with Gasteiger partial charge in [0.2, 0.25) is 0 Å². The smallest absolute Gasteiger partial charge is 0.0161 e. The standard InChI is InChI=1S/C19H29N/c1-20-18(13-12-16-10-11-16)19(14-6-3-7-15-19)17-8-4-2-5-9-17/h2,4-5,8-9,16,18,20H,3,6-7,10-15H2,1H3. The molecule has 20 heavy (non-hydrogen) atoms. The highest BCUT2D eigenvalue weighted by Crippen LogP contribution is 2.44. The zero-order chi connectivity index (χ0) is 13.8. The van der Waals surface area contributed by atoms with E-state index in [1.807, 2.05) is 0 Å². The van der Waals surface area contributed by atoms with Crippen LogP contribution in [0.3, 0.4) is 0 Å². The Bertz CT molecular complexity index is 401. The lowest BCUT2D eigenvalue weighted by atomic mass is 9.64. The van der Waals surface area contributed by atoms with Crippen molar-refractivity contribution in [2.75, 3.05) is 7.05 Å². The van der Waals surface area contributed by atoms with Gasteiger partial charge in [0.15, 0.2) is 0 Å². The van der Waals surface area contributed by atoms with E-state index in [-0.39, 0.29) is 0 Å². The minimum absolute atomic E-state index is 0.392. The summed E-state index contributed by atoms with van der Waals surface area (Å²) in [6.07, 6.45) is 12.7. The van der Waals surface area contributed by atoms with Crippen molar-refractivity contribution in [3.05, 3.63) is 35.9 Å². The third-order valence-electron chi connectivity index (χ3n) is 5.67. The molecule has 1 heteroatoms. The molecule has 0 radical (unpaired) electrons. The van der Waals surface area contributed by atoms with Gasteiger partial charge in [-0.1, -0.05) is 62.4 Å². The molecule has 0 heterocycles. The second kappa shape index (κ2) is 6.30. The van der Waals surface area contributed by atoms with E-state index in [1.54, 1.807) is 5.56 Å². The van der Waals surface area contributed by atoms with Gasteiger partial charge >= 0.3 is 0 Å². The molecule has 0 aliphatic heterocycles. The topological polar surface area (TPSA) is 12.0 Å². The van der Waals surface area contributed by atoms with Gasteiger partial charge in [0.25, 0.3) is 0 Å². The average molecular weight is 271 g/mol. The molecule has 1 unspecified atom stereocenters. The van der Waals surface area contributed by atoms with Crippen molar-refractivity contribution in [3.8, 4) is 0 Å². The molecule has 0 saturated heterocycles. The summed E-state index contributed by atoms with van der Waals surface area (Å²) in [5, 5.41) is 3.69. The first kappa shape index (κ1) is 14.1. The summed E-state index contributed by atoms with van der Waals surface area (Å²) in [5.74, 6) is 1.04. The molecule has 0 spiro atoms. The highest BCUT2D eigenvalue weighted by atomic mass is 14.9. The molecule has 0 bridgehead atoms. The Morgan fingerprint density at radius 1 is 1.10 bits per heavy atom. The van der Waals surface area contributed by atoms with E-state index in [1.165, 1.54) is 57.8 Å². The number of benzene rings is 1. The van der Waals surface area contributed by atoms with Crippen LogP contribution >= 0.6 is 0 Å². The van der Waals surface area contributed by atoms with Gasteiger partial charge in [0.1, 0.15) is 0 Å². The predicted molar refractivity (Wildman–Crippen MR) is 86.0 cm³/mol. The first-order valence-electron chi connectivity index (χ1n) is 8.58. The zero-order valence-electron chi connectivity index (χ0n) is 12.9. The minimum atomic E-state index is 0.392. The normalized spacial score (nSPS) is 23.4. The monoisotopic (exact) mass is 271 g/mol. The fraction of sp³-hybridized carbons (Fsp3) is 0.684. The maximum atomic E-state index is 3.69. The molecule has 2 saturated carbocycles. The number of hydrogen-bond donors (Lipinski definition) is 1. The Hall–Kier alpha value is -0.820. The van der Waals surface area contributed by atoms with Gasteiger partial charge in [-0.15, -0.1) is 0 Å². The Morgan fingerprint density at radius 2 is 1.80 bits per heavy atom. The van der Waals surface area contributed by atoms with Crippen LogP contribution in [0.5, 0.6) is 0 Å². The summed E-state index contributed by atoms with van der Waals surface area (Å²) in [7, 11) is 2.18. The molecule has 3 rings (SSSR count).